The first-order valence-corrected chi connectivity index (χ1v) is 8.70. The van der Waals surface area contributed by atoms with Gasteiger partial charge in [-0.25, -0.2) is 9.78 Å². The molecule has 0 saturated heterocycles. The minimum absolute atomic E-state index is 0.239. The molecule has 1 unspecified atom stereocenters. The van der Waals surface area contributed by atoms with Crippen LogP contribution in [0.2, 0.25) is 0 Å². The van der Waals surface area contributed by atoms with Gasteiger partial charge in [0.1, 0.15) is 5.60 Å². The molecule has 2 amide bonds. The lowest BCUT2D eigenvalue weighted by molar-refractivity contribution is -0.458. The number of nitrogens with zero attached hydrogens (tertiary/aromatic N) is 1. The number of carbonyl (C=O) groups is 2. The van der Waals surface area contributed by atoms with Crippen molar-refractivity contribution >= 4 is 11.8 Å². The zero-order valence-corrected chi connectivity index (χ0v) is 16.1. The Kier molecular flexibility index (Phi) is 6.34. The van der Waals surface area contributed by atoms with Crippen LogP contribution in [0.4, 0.5) is 0 Å². The Bertz CT molecular complexity index is 683. The van der Waals surface area contributed by atoms with Crippen molar-refractivity contribution in [3.63, 3.8) is 0 Å². The molecule has 0 radical (unpaired) electrons. The van der Waals surface area contributed by atoms with Gasteiger partial charge in [0, 0.05) is 31.7 Å². The zero-order valence-electron chi connectivity index (χ0n) is 16.1. The van der Waals surface area contributed by atoms with Gasteiger partial charge in [-0.1, -0.05) is 30.3 Å². The van der Waals surface area contributed by atoms with E-state index >= 15 is 0 Å². The molecular weight excluding hydrogens is 334 g/mol. The van der Waals surface area contributed by atoms with E-state index in [1.54, 1.807) is 13.8 Å². The summed E-state index contributed by atoms with van der Waals surface area (Å²) in [5.41, 5.74) is 0.796. The van der Waals surface area contributed by atoms with Gasteiger partial charge < -0.3 is 4.74 Å². The number of hydrogen-bond acceptors (Lipinski definition) is 5. The van der Waals surface area contributed by atoms with E-state index in [4.69, 9.17) is 14.5 Å². The van der Waals surface area contributed by atoms with E-state index in [1.165, 1.54) is 18.1 Å². The summed E-state index contributed by atoms with van der Waals surface area (Å²) in [4.78, 5) is 36.2. The van der Waals surface area contributed by atoms with E-state index in [2.05, 4.69) is 0 Å². The fourth-order valence-electron chi connectivity index (χ4n) is 2.67. The molecule has 2 rings (SSSR count). The van der Waals surface area contributed by atoms with Crippen LogP contribution in [0.5, 0.6) is 0 Å². The predicted molar refractivity (Wildman–Crippen MR) is 96.8 cm³/mol. The van der Waals surface area contributed by atoms with Crippen molar-refractivity contribution < 1.29 is 24.1 Å². The van der Waals surface area contributed by atoms with E-state index in [0.717, 1.165) is 5.56 Å². The van der Waals surface area contributed by atoms with Gasteiger partial charge >= 0.3 is 0 Å². The summed E-state index contributed by atoms with van der Waals surface area (Å²) in [6, 6.07) is 9.75. The first kappa shape index (κ1) is 20.3. The van der Waals surface area contributed by atoms with Crippen molar-refractivity contribution in [1.29, 1.82) is 0 Å². The lowest BCUT2D eigenvalue weighted by Gasteiger charge is -2.32. The summed E-state index contributed by atoms with van der Waals surface area (Å²) in [5.74, 6) is -1.49. The largest absolute Gasteiger partial charge is 0.351 e. The van der Waals surface area contributed by atoms with E-state index < -0.39 is 11.4 Å². The fourth-order valence-corrected chi connectivity index (χ4v) is 2.67. The quantitative estimate of drug-likeness (QED) is 0.292. The first-order chi connectivity index (χ1) is 12.2. The fraction of sp³-hybridized carbons (Fsp3) is 0.500. The molecule has 0 saturated carbocycles. The van der Waals surface area contributed by atoms with Gasteiger partial charge in [0.2, 0.25) is 0 Å². The maximum Gasteiger partial charge on any atom is 0.256 e. The second-order valence-corrected chi connectivity index (χ2v) is 7.11. The van der Waals surface area contributed by atoms with Crippen LogP contribution in [0.25, 0.3) is 0 Å². The van der Waals surface area contributed by atoms with Crippen LogP contribution >= 0.6 is 0 Å². The smallest absolute Gasteiger partial charge is 0.256 e. The highest BCUT2D eigenvalue weighted by atomic mass is 17.2. The number of ether oxygens (including phenoxy) is 1. The minimum atomic E-state index is -0.986. The van der Waals surface area contributed by atoms with E-state index in [9.17, 15) is 9.59 Å². The van der Waals surface area contributed by atoms with Gasteiger partial charge in [-0.3, -0.25) is 14.5 Å². The van der Waals surface area contributed by atoms with Crippen LogP contribution in [-0.4, -0.2) is 36.2 Å². The molecule has 0 fully saturated rings. The van der Waals surface area contributed by atoms with Crippen molar-refractivity contribution in [3.8, 4) is 0 Å². The maximum absolute atomic E-state index is 11.9. The van der Waals surface area contributed by atoms with Gasteiger partial charge in [-0.2, -0.15) is 0 Å². The molecule has 0 aliphatic carbocycles. The molecule has 0 aromatic heterocycles. The average Bonchev–Trinajstić information content (AvgIpc) is 2.87. The Morgan fingerprint density at radius 3 is 2.23 bits per heavy atom. The summed E-state index contributed by atoms with van der Waals surface area (Å²) < 4.78 is 5.46. The van der Waals surface area contributed by atoms with Crippen LogP contribution < -0.4 is 0 Å². The SMILES string of the molecule is COC(C)(CCCN1C(=O)C=C(C)C1=O)OOC(C)(C)c1ccccc1. The number of benzene rings is 1. The van der Waals surface area contributed by atoms with Crippen LogP contribution in [-0.2, 0) is 29.7 Å². The highest BCUT2D eigenvalue weighted by Crippen LogP contribution is 2.29. The van der Waals surface area contributed by atoms with E-state index in [1.807, 2.05) is 44.2 Å². The third kappa shape index (κ3) is 4.78. The molecule has 26 heavy (non-hydrogen) atoms. The van der Waals surface area contributed by atoms with Gasteiger partial charge in [0.15, 0.2) is 5.79 Å². The van der Waals surface area contributed by atoms with Crippen molar-refractivity contribution in [2.45, 2.75) is 51.9 Å². The summed E-state index contributed by atoms with van der Waals surface area (Å²) >= 11 is 0. The maximum atomic E-state index is 11.9. The number of carbonyl (C=O) groups excluding carboxylic acids is 2. The number of imide groups is 1. The zero-order chi connectivity index (χ0) is 19.4. The summed E-state index contributed by atoms with van der Waals surface area (Å²) in [6.45, 7) is 7.55. The number of rotatable bonds is 9. The Morgan fingerprint density at radius 2 is 1.69 bits per heavy atom. The Hall–Kier alpha value is -2.02. The highest BCUT2D eigenvalue weighted by molar-refractivity contribution is 6.15. The second-order valence-electron chi connectivity index (χ2n) is 7.11. The second kappa shape index (κ2) is 8.12. The molecular formula is C20H27NO5. The Morgan fingerprint density at radius 1 is 1.04 bits per heavy atom. The van der Waals surface area contributed by atoms with Gasteiger partial charge in [-0.05, 0) is 39.7 Å². The van der Waals surface area contributed by atoms with Crippen LogP contribution in [0.3, 0.4) is 0 Å². The van der Waals surface area contributed by atoms with Crippen molar-refractivity contribution in [3.05, 3.63) is 47.5 Å². The molecule has 6 heteroatoms. The third-order valence-electron chi connectivity index (χ3n) is 4.53. The van der Waals surface area contributed by atoms with E-state index in [-0.39, 0.29) is 11.8 Å². The lowest BCUT2D eigenvalue weighted by Crippen LogP contribution is -2.37. The van der Waals surface area contributed by atoms with Crippen LogP contribution in [0.1, 0.15) is 46.1 Å². The summed E-state index contributed by atoms with van der Waals surface area (Å²) in [7, 11) is 1.54. The monoisotopic (exact) mass is 361 g/mol. The minimum Gasteiger partial charge on any atom is -0.351 e. The standard InChI is InChI=1S/C20H27NO5/c1-15-14-17(22)21(18(15)23)13-9-12-20(4,24-5)26-25-19(2,3)16-10-7-6-8-11-16/h6-8,10-11,14H,9,12-13H2,1-5H3. The van der Waals surface area contributed by atoms with Crippen LogP contribution in [0, 0.1) is 0 Å². The molecule has 142 valence electrons. The molecule has 0 N–H and O–H groups in total. The third-order valence-corrected chi connectivity index (χ3v) is 4.53. The normalized spacial score (nSPS) is 17.4. The summed E-state index contributed by atoms with van der Waals surface area (Å²) in [5, 5.41) is 0. The molecule has 1 aromatic carbocycles. The number of amides is 2. The molecule has 6 nitrogen and oxygen atoms in total. The Balaban J connectivity index is 1.88. The molecule has 1 aliphatic rings. The van der Waals surface area contributed by atoms with Crippen molar-refractivity contribution in [1.82, 2.24) is 4.90 Å². The van der Waals surface area contributed by atoms with Gasteiger partial charge in [0.05, 0.1) is 0 Å². The predicted octanol–water partition coefficient (Wildman–Crippen LogP) is 3.33. The molecule has 1 aromatic rings. The number of hydrogen-bond donors (Lipinski definition) is 0. The molecule has 0 bridgehead atoms. The van der Waals surface area contributed by atoms with Crippen molar-refractivity contribution in [2.75, 3.05) is 13.7 Å². The molecule has 0 spiro atoms. The lowest BCUT2D eigenvalue weighted by atomic mass is 9.99. The van der Waals surface area contributed by atoms with E-state index in [0.29, 0.717) is 25.0 Å². The number of methoxy groups -OCH3 is 1. The molecule has 1 atom stereocenters. The van der Waals surface area contributed by atoms with Gasteiger partial charge in [0.25, 0.3) is 11.8 Å². The Labute approximate surface area is 154 Å². The highest BCUT2D eigenvalue weighted by Gasteiger charge is 2.33. The van der Waals surface area contributed by atoms with Gasteiger partial charge in [-0.15, -0.1) is 0 Å². The van der Waals surface area contributed by atoms with Crippen LogP contribution in [0.15, 0.2) is 42.0 Å². The average molecular weight is 361 g/mol. The topological polar surface area (TPSA) is 65.1 Å². The molecule has 1 aliphatic heterocycles. The summed E-state index contributed by atoms with van der Waals surface area (Å²) in [6.07, 6.45) is 2.36. The molecule has 1 heterocycles. The van der Waals surface area contributed by atoms with Crippen molar-refractivity contribution in [2.24, 2.45) is 0 Å². The first-order valence-electron chi connectivity index (χ1n) is 8.70.